The summed E-state index contributed by atoms with van der Waals surface area (Å²) < 4.78 is 0. The van der Waals surface area contributed by atoms with Gasteiger partial charge in [0.2, 0.25) is 0 Å². The number of H-pyrrole nitrogens is 1. The second kappa shape index (κ2) is 6.15. The van der Waals surface area contributed by atoms with Gasteiger partial charge in [-0.2, -0.15) is 0 Å². The van der Waals surface area contributed by atoms with Crippen LogP contribution in [0.5, 0.6) is 0 Å². The minimum Gasteiger partial charge on any atom is -0.358 e. The van der Waals surface area contributed by atoms with Crippen molar-refractivity contribution in [3.63, 3.8) is 0 Å². The van der Waals surface area contributed by atoms with Crippen molar-refractivity contribution in [1.29, 1.82) is 0 Å². The molecule has 0 bridgehead atoms. The summed E-state index contributed by atoms with van der Waals surface area (Å²) in [5.41, 5.74) is 10.5. The van der Waals surface area contributed by atoms with E-state index in [1.165, 1.54) is 46.1 Å². The summed E-state index contributed by atoms with van der Waals surface area (Å²) in [6, 6.07) is 17.4. The Balaban J connectivity index is 2.07. The first-order valence-electron chi connectivity index (χ1n) is 7.75. The molecule has 0 amide bonds. The molecule has 0 aliphatic carbocycles. The Bertz CT molecular complexity index is 723. The molecule has 0 fully saturated rings. The molecular weight excluding hydrogens is 256 g/mol. The number of aromatic nitrogens is 1. The number of unbranched alkanes of at least 4 members (excludes halogenated alkanes) is 1. The molecule has 0 spiro atoms. The number of rotatable bonds is 5. The molecule has 2 nitrogen and oxygen atoms in total. The van der Waals surface area contributed by atoms with Gasteiger partial charge in [-0.3, -0.25) is 0 Å². The van der Waals surface area contributed by atoms with Crippen LogP contribution in [0.2, 0.25) is 0 Å². The van der Waals surface area contributed by atoms with Gasteiger partial charge in [-0.15, -0.1) is 0 Å². The fraction of sp³-hybridized carbons (Fsp3) is 0.263. The number of benzene rings is 2. The highest BCUT2D eigenvalue weighted by Gasteiger charge is 2.12. The molecule has 0 radical (unpaired) electrons. The molecule has 3 aromatic rings. The lowest BCUT2D eigenvalue weighted by molar-refractivity contribution is -0.368. The number of fused-ring (bicyclic) bond motifs is 1. The van der Waals surface area contributed by atoms with E-state index >= 15 is 0 Å². The Kier molecular flexibility index (Phi) is 4.07. The number of quaternary nitrogens is 1. The molecule has 21 heavy (non-hydrogen) atoms. The van der Waals surface area contributed by atoms with E-state index in [1.807, 2.05) is 0 Å². The molecule has 3 rings (SSSR count). The van der Waals surface area contributed by atoms with Gasteiger partial charge in [0.05, 0.1) is 6.54 Å². The number of para-hydroxylation sites is 1. The van der Waals surface area contributed by atoms with Gasteiger partial charge >= 0.3 is 0 Å². The Hall–Kier alpha value is -2.06. The van der Waals surface area contributed by atoms with Crippen LogP contribution < -0.4 is 5.73 Å². The number of hydrogen-bond acceptors (Lipinski definition) is 0. The third-order valence-corrected chi connectivity index (χ3v) is 4.08. The lowest BCUT2D eigenvalue weighted by atomic mass is 10.00. The monoisotopic (exact) mass is 279 g/mol. The van der Waals surface area contributed by atoms with Crippen LogP contribution in [-0.2, 0) is 6.42 Å². The molecule has 2 heteroatoms. The predicted molar refractivity (Wildman–Crippen MR) is 89.2 cm³/mol. The molecular formula is C19H23N2+. The topological polar surface area (TPSA) is 43.4 Å². The first-order valence-corrected chi connectivity index (χ1v) is 7.75. The van der Waals surface area contributed by atoms with E-state index in [1.54, 1.807) is 0 Å². The van der Waals surface area contributed by atoms with Gasteiger partial charge in [-0.1, -0.05) is 48.0 Å². The quantitative estimate of drug-likeness (QED) is 0.669. The van der Waals surface area contributed by atoms with Crippen LogP contribution in [0, 0.1) is 6.92 Å². The maximum absolute atomic E-state index is 3.95. The fourth-order valence-corrected chi connectivity index (χ4v) is 2.90. The van der Waals surface area contributed by atoms with Gasteiger partial charge in [-0.25, -0.2) is 0 Å². The third kappa shape index (κ3) is 2.86. The maximum Gasteiger partial charge on any atom is 0.0739 e. The van der Waals surface area contributed by atoms with Crippen molar-refractivity contribution in [1.82, 2.24) is 4.98 Å². The second-order valence-electron chi connectivity index (χ2n) is 5.70. The van der Waals surface area contributed by atoms with Crippen molar-refractivity contribution in [3.8, 4) is 11.3 Å². The minimum absolute atomic E-state index is 1.02. The molecule has 108 valence electrons. The van der Waals surface area contributed by atoms with Crippen molar-refractivity contribution in [2.45, 2.75) is 26.2 Å². The number of nitrogens with one attached hydrogen (secondary N) is 1. The summed E-state index contributed by atoms with van der Waals surface area (Å²) in [4.78, 5) is 3.61. The van der Waals surface area contributed by atoms with E-state index in [4.69, 9.17) is 0 Å². The van der Waals surface area contributed by atoms with Crippen LogP contribution >= 0.6 is 0 Å². The number of hydrogen-bond donors (Lipinski definition) is 2. The van der Waals surface area contributed by atoms with E-state index in [9.17, 15) is 0 Å². The molecule has 0 saturated carbocycles. The first kappa shape index (κ1) is 13.9. The summed E-state index contributed by atoms with van der Waals surface area (Å²) >= 11 is 0. The van der Waals surface area contributed by atoms with E-state index in [0.717, 1.165) is 13.0 Å². The van der Waals surface area contributed by atoms with Crippen molar-refractivity contribution < 1.29 is 5.73 Å². The smallest absolute Gasteiger partial charge is 0.0739 e. The largest absolute Gasteiger partial charge is 0.358 e. The van der Waals surface area contributed by atoms with Crippen molar-refractivity contribution in [2.75, 3.05) is 6.54 Å². The molecule has 1 heterocycles. The van der Waals surface area contributed by atoms with Crippen molar-refractivity contribution >= 4 is 10.9 Å². The van der Waals surface area contributed by atoms with Crippen LogP contribution in [0.1, 0.15) is 24.0 Å². The summed E-state index contributed by atoms with van der Waals surface area (Å²) in [5.74, 6) is 0. The summed E-state index contributed by atoms with van der Waals surface area (Å²) in [6.45, 7) is 3.15. The lowest BCUT2D eigenvalue weighted by Gasteiger charge is -2.05. The number of aryl methyl sites for hydroxylation is 2. The standard InChI is InChI=1S/C19H22N2/c1-14-9-11-15(12-10-14)19-17(7-4-5-13-20)16-6-2-3-8-18(16)21-19/h2-3,6,8-12,21H,4-5,7,13,20H2,1H3/p+1. The van der Waals surface area contributed by atoms with Gasteiger partial charge in [0.15, 0.2) is 0 Å². The zero-order valence-electron chi connectivity index (χ0n) is 12.7. The summed E-state index contributed by atoms with van der Waals surface area (Å²) in [7, 11) is 0. The average molecular weight is 279 g/mol. The molecule has 0 aliphatic rings. The zero-order valence-corrected chi connectivity index (χ0v) is 12.7. The minimum atomic E-state index is 1.02. The Morgan fingerprint density at radius 1 is 0.952 bits per heavy atom. The normalized spacial score (nSPS) is 11.1. The van der Waals surface area contributed by atoms with Gasteiger partial charge < -0.3 is 10.7 Å². The summed E-state index contributed by atoms with van der Waals surface area (Å²) in [5, 5.41) is 1.36. The predicted octanol–water partition coefficient (Wildman–Crippen LogP) is 3.71. The molecule has 0 atom stereocenters. The van der Waals surface area contributed by atoms with Crippen LogP contribution in [0.3, 0.4) is 0 Å². The maximum atomic E-state index is 3.95. The van der Waals surface area contributed by atoms with Crippen LogP contribution in [-0.4, -0.2) is 11.5 Å². The lowest BCUT2D eigenvalue weighted by Crippen LogP contribution is -2.50. The van der Waals surface area contributed by atoms with Crippen LogP contribution in [0.4, 0.5) is 0 Å². The molecule has 0 unspecified atom stereocenters. The summed E-state index contributed by atoms with van der Waals surface area (Å²) in [6.07, 6.45) is 3.50. The fourth-order valence-electron chi connectivity index (χ4n) is 2.90. The highest BCUT2D eigenvalue weighted by atomic mass is 14.7. The highest BCUT2D eigenvalue weighted by molar-refractivity contribution is 5.90. The molecule has 1 aromatic heterocycles. The average Bonchev–Trinajstić information content (AvgIpc) is 2.87. The second-order valence-corrected chi connectivity index (χ2v) is 5.70. The van der Waals surface area contributed by atoms with Crippen molar-refractivity contribution in [3.05, 3.63) is 59.7 Å². The van der Waals surface area contributed by atoms with Gasteiger partial charge in [0.25, 0.3) is 0 Å². The van der Waals surface area contributed by atoms with E-state index < -0.39 is 0 Å². The Labute approximate surface area is 126 Å². The molecule has 2 aromatic carbocycles. The van der Waals surface area contributed by atoms with Crippen LogP contribution in [0.15, 0.2) is 48.5 Å². The van der Waals surface area contributed by atoms with E-state index in [-0.39, 0.29) is 0 Å². The first-order chi connectivity index (χ1) is 10.3. The van der Waals surface area contributed by atoms with E-state index in [0.29, 0.717) is 0 Å². The van der Waals surface area contributed by atoms with Crippen molar-refractivity contribution in [2.24, 2.45) is 0 Å². The molecule has 0 aliphatic heterocycles. The zero-order chi connectivity index (χ0) is 14.7. The van der Waals surface area contributed by atoms with Gasteiger partial charge in [0.1, 0.15) is 0 Å². The molecule has 4 N–H and O–H groups in total. The Morgan fingerprint density at radius 2 is 1.71 bits per heavy atom. The highest BCUT2D eigenvalue weighted by Crippen LogP contribution is 2.31. The number of aromatic amines is 1. The Morgan fingerprint density at radius 3 is 2.48 bits per heavy atom. The van der Waals surface area contributed by atoms with Gasteiger partial charge in [-0.05, 0) is 43.4 Å². The van der Waals surface area contributed by atoms with E-state index in [2.05, 4.69) is 66.2 Å². The SMILES string of the molecule is Cc1ccc(-c2[nH]c3ccccc3c2CCCC[NH3+])cc1. The van der Waals surface area contributed by atoms with Gasteiger partial charge in [0, 0.05) is 16.6 Å². The van der Waals surface area contributed by atoms with Crippen LogP contribution in [0.25, 0.3) is 22.2 Å². The third-order valence-electron chi connectivity index (χ3n) is 4.08. The molecule has 0 saturated heterocycles.